The number of nitrogens with zero attached hydrogens (tertiary/aromatic N) is 3. The summed E-state index contributed by atoms with van der Waals surface area (Å²) in [7, 11) is 0. The van der Waals surface area contributed by atoms with Crippen LogP contribution in [0.25, 0.3) is 11.5 Å². The Labute approximate surface area is 228 Å². The Morgan fingerprint density at radius 1 is 1.17 bits per heavy atom. The van der Waals surface area contributed by atoms with Crippen LogP contribution in [0, 0.1) is 6.92 Å². The number of hydrogen-bond donors (Lipinski definition) is 1. The molecular weight excluding hydrogens is 566 g/mol. The van der Waals surface area contributed by atoms with Crippen LogP contribution in [-0.4, -0.2) is 31.5 Å². The number of carboxylic acids is 1. The zero-order valence-corrected chi connectivity index (χ0v) is 23.3. The third-order valence-corrected chi connectivity index (χ3v) is 6.66. The van der Waals surface area contributed by atoms with Crippen molar-refractivity contribution in [2.75, 3.05) is 0 Å². The van der Waals surface area contributed by atoms with Gasteiger partial charge in [-0.15, -0.1) is 23.7 Å². The summed E-state index contributed by atoms with van der Waals surface area (Å²) in [5, 5.41) is 12.3. The summed E-state index contributed by atoms with van der Waals surface area (Å²) in [4.78, 5) is 22.8. The number of halogens is 2. The Balaban J connectivity index is 0.00000361. The average molecular weight is 593 g/mol. The molecule has 0 atom stereocenters. The summed E-state index contributed by atoms with van der Waals surface area (Å²) in [6, 6.07) is 15.4. The fourth-order valence-corrected chi connectivity index (χ4v) is 4.54. The molecule has 0 aliphatic rings. The molecule has 0 radical (unpaired) electrons. The van der Waals surface area contributed by atoms with Gasteiger partial charge in [-0.2, -0.15) is 0 Å². The molecule has 1 N–H and O–H groups in total. The van der Waals surface area contributed by atoms with Crippen LogP contribution in [0.4, 0.5) is 0 Å². The lowest BCUT2D eigenvalue weighted by atomic mass is 10.1. The second-order valence-electron chi connectivity index (χ2n) is 8.66. The van der Waals surface area contributed by atoms with E-state index in [1.165, 1.54) is 13.8 Å². The molecule has 0 unspecified atom stereocenters. The van der Waals surface area contributed by atoms with Crippen LogP contribution < -0.4 is 4.74 Å². The zero-order chi connectivity index (χ0) is 25.0. The van der Waals surface area contributed by atoms with E-state index in [1.807, 2.05) is 48.7 Å². The Bertz CT molecular complexity index is 1290. The fourth-order valence-electron chi connectivity index (χ4n) is 3.48. The number of rotatable bonds is 10. The van der Waals surface area contributed by atoms with Crippen molar-refractivity contribution in [2.45, 2.75) is 46.0 Å². The van der Waals surface area contributed by atoms with Gasteiger partial charge in [0.25, 0.3) is 0 Å². The average Bonchev–Trinajstić information content (AvgIpc) is 3.45. The minimum atomic E-state index is -1.30. The zero-order valence-electron chi connectivity index (χ0n) is 20.1. The van der Waals surface area contributed by atoms with Gasteiger partial charge in [-0.05, 0) is 56.7 Å². The van der Waals surface area contributed by atoms with Crippen LogP contribution in [0.1, 0.15) is 35.9 Å². The van der Waals surface area contributed by atoms with E-state index in [0.717, 1.165) is 32.1 Å². The van der Waals surface area contributed by atoms with Gasteiger partial charge in [0.2, 0.25) is 5.89 Å². The minimum Gasteiger partial charge on any atom is -0.478 e. The molecule has 2 aromatic carbocycles. The normalized spacial score (nSPS) is 11.4. The summed E-state index contributed by atoms with van der Waals surface area (Å²) < 4.78 is 12.6. The maximum Gasteiger partial charge on any atom is 0.347 e. The quantitative estimate of drug-likeness (QED) is 0.218. The molecule has 0 saturated heterocycles. The number of oxazole rings is 1. The maximum atomic E-state index is 11.3. The molecular formula is C26H27BrClN3O4S. The van der Waals surface area contributed by atoms with Crippen molar-refractivity contribution in [3.63, 3.8) is 0 Å². The molecule has 2 aromatic heterocycles. The predicted octanol–water partition coefficient (Wildman–Crippen LogP) is 6.74. The lowest BCUT2D eigenvalue weighted by molar-refractivity contribution is -0.152. The molecule has 2 heterocycles. The number of thiazole rings is 1. The monoisotopic (exact) mass is 591 g/mol. The number of aryl methyl sites for hydroxylation is 1. The summed E-state index contributed by atoms with van der Waals surface area (Å²) >= 11 is 5.12. The Morgan fingerprint density at radius 2 is 1.92 bits per heavy atom. The molecule has 190 valence electrons. The number of aliphatic carboxylic acids is 1. The Hall–Kier alpha value is -2.72. The van der Waals surface area contributed by atoms with E-state index in [0.29, 0.717) is 31.3 Å². The third kappa shape index (κ3) is 7.16. The molecule has 10 heteroatoms. The van der Waals surface area contributed by atoms with E-state index >= 15 is 0 Å². The van der Waals surface area contributed by atoms with Gasteiger partial charge >= 0.3 is 5.97 Å². The third-order valence-electron chi connectivity index (χ3n) is 5.40. The Kier molecular flexibility index (Phi) is 9.30. The van der Waals surface area contributed by atoms with Crippen LogP contribution in [-0.2, 0) is 24.4 Å². The van der Waals surface area contributed by atoms with Crippen LogP contribution >= 0.6 is 39.7 Å². The number of carboxylic acid groups (broad SMARTS) is 1. The topological polar surface area (TPSA) is 88.7 Å². The summed E-state index contributed by atoms with van der Waals surface area (Å²) in [6.45, 7) is 6.90. The van der Waals surface area contributed by atoms with Gasteiger partial charge in [-0.1, -0.05) is 34.1 Å². The molecule has 0 saturated carbocycles. The molecule has 0 bridgehead atoms. The Morgan fingerprint density at radius 3 is 2.56 bits per heavy atom. The second kappa shape index (κ2) is 12.0. The molecule has 7 nitrogen and oxygen atoms in total. The molecule has 4 rings (SSSR count). The molecule has 0 fully saturated rings. The van der Waals surface area contributed by atoms with Crippen molar-refractivity contribution >= 4 is 45.6 Å². The second-order valence-corrected chi connectivity index (χ2v) is 10.6. The fraction of sp³-hybridized carbons (Fsp3) is 0.269. The van der Waals surface area contributed by atoms with Crippen LogP contribution in [0.2, 0.25) is 0 Å². The van der Waals surface area contributed by atoms with E-state index < -0.39 is 11.6 Å². The molecule has 4 aromatic rings. The summed E-state index contributed by atoms with van der Waals surface area (Å²) in [5.41, 5.74) is 1.56. The summed E-state index contributed by atoms with van der Waals surface area (Å²) in [6.07, 6.45) is 1.81. The highest BCUT2D eigenvalue weighted by molar-refractivity contribution is 9.10. The molecule has 0 amide bonds. The van der Waals surface area contributed by atoms with Crippen LogP contribution in [0.3, 0.4) is 0 Å². The molecule has 36 heavy (non-hydrogen) atoms. The smallest absolute Gasteiger partial charge is 0.347 e. The first-order valence-corrected chi connectivity index (χ1v) is 12.7. The van der Waals surface area contributed by atoms with Gasteiger partial charge in [0.15, 0.2) is 5.60 Å². The van der Waals surface area contributed by atoms with Crippen molar-refractivity contribution in [1.29, 1.82) is 0 Å². The first-order valence-electron chi connectivity index (χ1n) is 11.0. The highest BCUT2D eigenvalue weighted by Crippen LogP contribution is 2.26. The predicted molar refractivity (Wildman–Crippen MR) is 145 cm³/mol. The van der Waals surface area contributed by atoms with Crippen LogP contribution in [0.5, 0.6) is 5.75 Å². The number of hydrogen-bond acceptors (Lipinski definition) is 7. The molecule has 0 spiro atoms. The van der Waals surface area contributed by atoms with Crippen molar-refractivity contribution in [3.8, 4) is 17.2 Å². The SMILES string of the molecule is Cc1oc(-c2cccc(Br)c2)nc1CN(Cc1ccc(OC(C)(C)C(=O)O)cc1)Cc1nccs1.Cl. The van der Waals surface area contributed by atoms with E-state index in [1.54, 1.807) is 29.7 Å². The van der Waals surface area contributed by atoms with E-state index in [-0.39, 0.29) is 12.4 Å². The number of aromatic nitrogens is 2. The van der Waals surface area contributed by atoms with E-state index in [9.17, 15) is 9.90 Å². The van der Waals surface area contributed by atoms with Crippen molar-refractivity contribution in [1.82, 2.24) is 14.9 Å². The first-order chi connectivity index (χ1) is 16.7. The lowest BCUT2D eigenvalue weighted by Crippen LogP contribution is -2.37. The van der Waals surface area contributed by atoms with Gasteiger partial charge in [0, 0.05) is 34.7 Å². The summed E-state index contributed by atoms with van der Waals surface area (Å²) in [5.74, 6) is 0.874. The lowest BCUT2D eigenvalue weighted by Gasteiger charge is -2.23. The molecule has 0 aliphatic heterocycles. The van der Waals surface area contributed by atoms with Gasteiger partial charge in [0.1, 0.15) is 16.5 Å². The molecule has 0 aliphatic carbocycles. The largest absolute Gasteiger partial charge is 0.478 e. The minimum absolute atomic E-state index is 0. The van der Waals surface area contributed by atoms with Crippen molar-refractivity contribution < 1.29 is 19.1 Å². The number of carbonyl (C=O) groups is 1. The van der Waals surface area contributed by atoms with Crippen LogP contribution in [0.15, 0.2) is 69.0 Å². The van der Waals surface area contributed by atoms with Crippen molar-refractivity contribution in [3.05, 3.63) is 86.6 Å². The highest BCUT2D eigenvalue weighted by Gasteiger charge is 2.29. The van der Waals surface area contributed by atoms with Gasteiger partial charge < -0.3 is 14.3 Å². The van der Waals surface area contributed by atoms with Gasteiger partial charge in [-0.3, -0.25) is 4.90 Å². The number of benzene rings is 2. The highest BCUT2D eigenvalue weighted by atomic mass is 79.9. The number of ether oxygens (including phenoxy) is 1. The van der Waals surface area contributed by atoms with Gasteiger partial charge in [0.05, 0.1) is 12.2 Å². The van der Waals surface area contributed by atoms with Crippen molar-refractivity contribution in [2.24, 2.45) is 0 Å². The first kappa shape index (κ1) is 27.9. The van der Waals surface area contributed by atoms with Gasteiger partial charge in [-0.25, -0.2) is 14.8 Å². The van der Waals surface area contributed by atoms with E-state index in [4.69, 9.17) is 14.1 Å². The standard InChI is InChI=1S/C26H26BrN3O4S.ClH/c1-17-22(29-24(33-17)19-5-4-6-20(27)13-19)15-30(16-23-28-11-12-35-23)14-18-7-9-21(10-8-18)34-26(2,3)25(31)32;/h4-13H,14-16H2,1-3H3,(H,31,32);1H. The maximum absolute atomic E-state index is 11.3. The van der Waals surface area contributed by atoms with E-state index in [2.05, 4.69) is 25.8 Å².